The molecule has 0 spiro atoms. The third kappa shape index (κ3) is 23.2. The van der Waals surface area contributed by atoms with Crippen molar-refractivity contribution in [2.75, 3.05) is 0 Å². The van der Waals surface area contributed by atoms with Crippen molar-refractivity contribution >= 4 is 22.8 Å². The van der Waals surface area contributed by atoms with Gasteiger partial charge in [-0.15, -0.1) is 11.8 Å². The van der Waals surface area contributed by atoms with Crippen molar-refractivity contribution in [1.82, 2.24) is 0 Å². The molecule has 36 radical (unpaired) electrons. The van der Waals surface area contributed by atoms with Crippen molar-refractivity contribution in [3.8, 4) is 0 Å². The monoisotopic (exact) mass is 900 g/mol. The van der Waals surface area contributed by atoms with Gasteiger partial charge in [-0.1, -0.05) is 35.4 Å². The van der Waals surface area contributed by atoms with Gasteiger partial charge in [-0.05, 0) is 89.1 Å². The van der Waals surface area contributed by atoms with E-state index in [1.807, 2.05) is 62.4 Å². The average Bonchev–Trinajstić information content (AvgIpc) is 3.86. The SMILES string of the molecule is CC(=Nc1ccc(C)cc1)[C]1[C][C][C][C-]1.CC(=Nc1ccc(C)cc1)[C]1[C][C][C][C-]1.[C]1[C][C][C][C]1.[C]1[C][C][C][C]1.[ClH+][Pd][ClH+].[Fe].[Fe].[Pd]. The van der Waals surface area contributed by atoms with Crippen LogP contribution in [0.1, 0.15) is 25.0 Å². The topological polar surface area (TPSA) is 24.7 Å². The third-order valence-electron chi connectivity index (χ3n) is 4.89. The number of halogens is 2. The fourth-order valence-electron chi connectivity index (χ4n) is 2.85. The van der Waals surface area contributed by atoms with Crippen molar-refractivity contribution < 1.29 is 89.6 Å². The van der Waals surface area contributed by atoms with E-state index in [0.29, 0.717) is 0 Å². The van der Waals surface area contributed by atoms with Crippen molar-refractivity contribution in [3.63, 3.8) is 0 Å². The summed E-state index contributed by atoms with van der Waals surface area (Å²) >= 11 is 0.117. The molecular formula is C38H22Cl2Fe2N2Pd2. The maximum atomic E-state index is 4.46. The van der Waals surface area contributed by atoms with Gasteiger partial charge in [-0.3, -0.25) is 9.98 Å². The van der Waals surface area contributed by atoms with Crippen LogP contribution in [-0.2, 0) is 70.5 Å². The Morgan fingerprint density at radius 2 is 0.804 bits per heavy atom. The Bertz CT molecular complexity index is 931. The zero-order valence-corrected chi connectivity index (χ0v) is 31.6. The second kappa shape index (κ2) is 31.7. The summed E-state index contributed by atoms with van der Waals surface area (Å²) < 4.78 is 0. The van der Waals surface area contributed by atoms with Gasteiger partial charge in [0.05, 0.1) is 11.4 Å². The van der Waals surface area contributed by atoms with E-state index in [4.69, 9.17) is 0 Å². The van der Waals surface area contributed by atoms with Gasteiger partial charge >= 0.3 is 35.0 Å². The number of hydrogen-bond acceptors (Lipinski definition) is 2. The van der Waals surface area contributed by atoms with Crippen LogP contribution >= 0.6 is 0 Å². The van der Waals surface area contributed by atoms with E-state index in [9.17, 15) is 0 Å². The Hall–Kier alpha value is 0.724. The largest absolute Gasteiger partial charge is 0 e. The standard InChI is InChI=1S/2C14H10N.2C5.2ClH.2Fe.2Pd/c2*1-11-7-9-14(10-8-11)15-12(2)13-5-3-4-6-13;2*1-2-4-5-3-1;;;;;;/h2*7-10H,1-2H3;;;2*1H;;;;/q2*-1;;;;;;;;+2. The first-order chi connectivity index (χ1) is 20.9. The summed E-state index contributed by atoms with van der Waals surface area (Å²) in [6.45, 7) is 7.99. The first-order valence-corrected chi connectivity index (χ1v) is 16.6. The van der Waals surface area contributed by atoms with E-state index < -0.39 is 0 Å². The molecule has 234 valence electrons. The molecule has 6 rings (SSSR count). The molecular weight excluding hydrogens is 880 g/mol. The summed E-state index contributed by atoms with van der Waals surface area (Å²) in [6.07, 6.45) is 47.5. The Morgan fingerprint density at radius 1 is 0.543 bits per heavy atom. The number of rotatable bonds is 4. The van der Waals surface area contributed by atoms with Crippen LogP contribution in [0.2, 0.25) is 0 Å². The van der Waals surface area contributed by atoms with E-state index >= 15 is 0 Å². The summed E-state index contributed by atoms with van der Waals surface area (Å²) in [5, 5.41) is 0. The van der Waals surface area contributed by atoms with Gasteiger partial charge in [0.1, 0.15) is 0 Å². The first-order valence-electron chi connectivity index (χ1n) is 12.3. The Labute approximate surface area is 334 Å². The molecule has 4 saturated carbocycles. The second-order valence-corrected chi connectivity index (χ2v) is 10.9. The van der Waals surface area contributed by atoms with Gasteiger partial charge in [0.15, 0.2) is 0 Å². The van der Waals surface area contributed by atoms with Gasteiger partial charge < -0.3 is 12.8 Å². The molecule has 0 saturated heterocycles. The minimum absolute atomic E-state index is 0. The van der Waals surface area contributed by atoms with Crippen LogP contribution in [0, 0.1) is 160 Å². The van der Waals surface area contributed by atoms with Crippen molar-refractivity contribution in [2.45, 2.75) is 27.7 Å². The minimum atomic E-state index is 0. The van der Waals surface area contributed by atoms with E-state index in [1.54, 1.807) is 0 Å². The van der Waals surface area contributed by atoms with Gasteiger partial charge in [0.25, 0.3) is 0 Å². The molecule has 2 aromatic carbocycles. The van der Waals surface area contributed by atoms with Crippen LogP contribution in [0.5, 0.6) is 0 Å². The van der Waals surface area contributed by atoms with Gasteiger partial charge in [-0.2, -0.15) is 0 Å². The molecule has 0 bridgehead atoms. The number of hydrogen-bond donors (Lipinski definition) is 0. The predicted molar refractivity (Wildman–Crippen MR) is 156 cm³/mol. The molecule has 0 heterocycles. The fraction of sp³-hybridized carbons (Fsp3) is 0.105. The Balaban J connectivity index is 0. The summed E-state index contributed by atoms with van der Waals surface area (Å²) in [6, 6.07) is 16.2. The number of nitrogens with zero attached hydrogens (tertiary/aromatic N) is 2. The second-order valence-electron chi connectivity index (χ2n) is 8.12. The van der Waals surface area contributed by atoms with Gasteiger partial charge in [0.2, 0.25) is 0 Å². The summed E-state index contributed by atoms with van der Waals surface area (Å²) in [4.78, 5) is 8.91. The molecule has 0 amide bonds. The normalized spacial score (nSPS) is 17.7. The van der Waals surface area contributed by atoms with Crippen LogP contribution in [0.3, 0.4) is 0 Å². The van der Waals surface area contributed by atoms with E-state index in [2.05, 4.69) is 158 Å². The summed E-state index contributed by atoms with van der Waals surface area (Å²) in [5.74, 6) is 1.66. The molecule has 0 atom stereocenters. The molecule has 4 aliphatic rings. The molecule has 46 heavy (non-hydrogen) atoms. The third-order valence-corrected chi connectivity index (χ3v) is 4.89. The Kier molecular flexibility index (Phi) is 33.6. The van der Waals surface area contributed by atoms with Crippen LogP contribution in [0.25, 0.3) is 0 Å². The van der Waals surface area contributed by atoms with Crippen molar-refractivity contribution in [2.24, 2.45) is 9.98 Å². The van der Waals surface area contributed by atoms with Gasteiger partial charge in [0, 0.05) is 119 Å². The predicted octanol–water partition coefficient (Wildman–Crippen LogP) is 6.27. The molecule has 4 aliphatic carbocycles. The fourth-order valence-corrected chi connectivity index (χ4v) is 2.85. The molecule has 0 aliphatic heterocycles. The average molecular weight is 902 g/mol. The summed E-state index contributed by atoms with van der Waals surface area (Å²) in [7, 11) is 8.52. The van der Waals surface area contributed by atoms with Crippen molar-refractivity contribution in [3.05, 3.63) is 187 Å². The molecule has 0 aromatic heterocycles. The minimum Gasteiger partial charge on any atom is 0 e. The van der Waals surface area contributed by atoms with Crippen LogP contribution in [0.4, 0.5) is 11.4 Å². The zero-order valence-electron chi connectivity index (χ0n) is 24.7. The Morgan fingerprint density at radius 3 is 1.02 bits per heavy atom. The van der Waals surface area contributed by atoms with E-state index in [1.165, 1.54) is 11.1 Å². The van der Waals surface area contributed by atoms with Crippen LogP contribution < -0.4 is 0 Å². The van der Waals surface area contributed by atoms with E-state index in [0.717, 1.165) is 34.6 Å². The maximum absolute atomic E-state index is 4.46. The van der Waals surface area contributed by atoms with Crippen LogP contribution in [-0.4, -0.2) is 11.4 Å². The maximum Gasteiger partial charge on any atom is 0 e. The molecule has 8 heteroatoms. The number of benzene rings is 2. The van der Waals surface area contributed by atoms with Gasteiger partial charge in [-0.25, -0.2) is 12.8 Å². The molecule has 4 fully saturated rings. The smallest absolute Gasteiger partial charge is 0 e. The van der Waals surface area contributed by atoms with Crippen LogP contribution in [0.15, 0.2) is 58.5 Å². The molecule has 0 unspecified atom stereocenters. The first kappa shape index (κ1) is 48.8. The van der Waals surface area contributed by atoms with Crippen molar-refractivity contribution in [1.29, 1.82) is 0 Å². The number of aryl methyl sites for hydroxylation is 2. The zero-order chi connectivity index (χ0) is 31.1. The molecule has 2 nitrogen and oxygen atoms in total. The summed E-state index contributed by atoms with van der Waals surface area (Å²) in [5.41, 5.74) is 6.13. The van der Waals surface area contributed by atoms with E-state index in [-0.39, 0.29) is 70.5 Å². The molecule has 2 aromatic rings. The number of aliphatic imine (C=N–C) groups is 2. The quantitative estimate of drug-likeness (QED) is 0.197. The molecule has 0 N–H and O–H groups in total.